The summed E-state index contributed by atoms with van der Waals surface area (Å²) in [6.45, 7) is 4.77. The van der Waals surface area contributed by atoms with Crippen molar-refractivity contribution >= 4 is 5.97 Å². The zero-order chi connectivity index (χ0) is 14.3. The monoisotopic (exact) mass is 266 g/mol. The Morgan fingerprint density at radius 2 is 2.21 bits per heavy atom. The number of carboxylic acid groups (broad SMARTS) is 1. The molecule has 0 amide bonds. The van der Waals surface area contributed by atoms with E-state index in [4.69, 9.17) is 4.74 Å². The molecular formula is C16H26O3. The molecule has 0 spiro atoms. The molecular weight excluding hydrogens is 240 g/mol. The maximum Gasteiger partial charge on any atom is 0.314 e. The van der Waals surface area contributed by atoms with Crippen LogP contribution in [0.1, 0.15) is 46.0 Å². The molecule has 2 atom stereocenters. The molecule has 0 saturated carbocycles. The fourth-order valence-electron chi connectivity index (χ4n) is 2.97. The summed E-state index contributed by atoms with van der Waals surface area (Å²) in [5, 5.41) is 9.69. The lowest BCUT2D eigenvalue weighted by atomic mass is 9.65. The summed E-state index contributed by atoms with van der Waals surface area (Å²) in [6, 6.07) is 0. The van der Waals surface area contributed by atoms with E-state index in [9.17, 15) is 9.90 Å². The van der Waals surface area contributed by atoms with Crippen LogP contribution in [0.25, 0.3) is 0 Å². The highest BCUT2D eigenvalue weighted by atomic mass is 16.5. The van der Waals surface area contributed by atoms with Crippen molar-refractivity contribution in [3.05, 3.63) is 23.8 Å². The van der Waals surface area contributed by atoms with E-state index >= 15 is 0 Å². The second kappa shape index (κ2) is 7.49. The minimum absolute atomic E-state index is 0.107. The highest BCUT2D eigenvalue weighted by Gasteiger charge is 2.44. The first-order valence-corrected chi connectivity index (χ1v) is 7.23. The first-order chi connectivity index (χ1) is 9.12. The lowest BCUT2D eigenvalue weighted by Crippen LogP contribution is -2.39. The van der Waals surface area contributed by atoms with Gasteiger partial charge < -0.3 is 9.84 Å². The van der Waals surface area contributed by atoms with Gasteiger partial charge in [0.2, 0.25) is 0 Å². The molecule has 3 heteroatoms. The summed E-state index contributed by atoms with van der Waals surface area (Å²) in [4.78, 5) is 11.8. The average molecular weight is 266 g/mol. The number of carbonyl (C=O) groups is 1. The van der Waals surface area contributed by atoms with Crippen molar-refractivity contribution in [1.82, 2.24) is 0 Å². The highest BCUT2D eigenvalue weighted by Crippen LogP contribution is 2.44. The normalized spacial score (nSPS) is 26.3. The van der Waals surface area contributed by atoms with Gasteiger partial charge in [-0.15, -0.1) is 0 Å². The lowest BCUT2D eigenvalue weighted by Gasteiger charge is -2.38. The Kier molecular flexibility index (Phi) is 6.29. The number of allylic oxidation sites excluding steroid dienone is 2. The summed E-state index contributed by atoms with van der Waals surface area (Å²) in [6.07, 6.45) is 10.4. The maximum absolute atomic E-state index is 11.8. The van der Waals surface area contributed by atoms with Crippen molar-refractivity contribution in [2.24, 2.45) is 11.3 Å². The van der Waals surface area contributed by atoms with Crippen molar-refractivity contribution < 1.29 is 14.6 Å². The van der Waals surface area contributed by atoms with Crippen LogP contribution in [0.5, 0.6) is 0 Å². The largest absolute Gasteiger partial charge is 0.481 e. The Labute approximate surface area is 116 Å². The second-order valence-corrected chi connectivity index (χ2v) is 5.24. The van der Waals surface area contributed by atoms with Crippen LogP contribution >= 0.6 is 0 Å². The van der Waals surface area contributed by atoms with Gasteiger partial charge in [0.05, 0.1) is 5.41 Å². The zero-order valence-electron chi connectivity index (χ0n) is 12.3. The van der Waals surface area contributed by atoms with Gasteiger partial charge in [0.15, 0.2) is 0 Å². The number of ether oxygens (including phenoxy) is 1. The first kappa shape index (κ1) is 16.0. The van der Waals surface area contributed by atoms with E-state index < -0.39 is 11.4 Å². The Balaban J connectivity index is 3.00. The molecule has 19 heavy (non-hydrogen) atoms. The molecule has 108 valence electrons. The quantitative estimate of drug-likeness (QED) is 0.726. The molecule has 0 aromatic rings. The Morgan fingerprint density at radius 3 is 2.74 bits per heavy atom. The number of rotatable bonds is 8. The molecule has 0 bridgehead atoms. The van der Waals surface area contributed by atoms with Gasteiger partial charge in [-0.2, -0.15) is 0 Å². The molecule has 2 unspecified atom stereocenters. The third-order valence-corrected chi connectivity index (χ3v) is 4.20. The Bertz CT molecular complexity index is 357. The fraction of sp³-hybridized carbons (Fsp3) is 0.688. The number of aliphatic carboxylic acids is 1. The molecule has 0 radical (unpaired) electrons. The van der Waals surface area contributed by atoms with Crippen LogP contribution in [-0.2, 0) is 9.53 Å². The molecule has 0 saturated heterocycles. The number of unbranched alkanes of at least 4 members (excludes halogenated alkanes) is 1. The number of hydrogen-bond donors (Lipinski definition) is 1. The smallest absolute Gasteiger partial charge is 0.314 e. The Morgan fingerprint density at radius 1 is 1.47 bits per heavy atom. The van der Waals surface area contributed by atoms with Gasteiger partial charge in [-0.1, -0.05) is 50.5 Å². The standard InChI is InChI=1S/C16H26O3/c1-4-6-9-14-13(10-12-19-3)8-7-11-16(14,5-2)15(17)18/h7-8,11,14H,4-6,9-10,12H2,1-3H3,(H,17,18). The summed E-state index contributed by atoms with van der Waals surface area (Å²) in [5.74, 6) is -0.592. The van der Waals surface area contributed by atoms with Crippen molar-refractivity contribution in [2.45, 2.75) is 46.0 Å². The van der Waals surface area contributed by atoms with Gasteiger partial charge >= 0.3 is 5.97 Å². The second-order valence-electron chi connectivity index (χ2n) is 5.24. The average Bonchev–Trinajstić information content (AvgIpc) is 2.42. The number of methoxy groups -OCH3 is 1. The van der Waals surface area contributed by atoms with Gasteiger partial charge in [0.25, 0.3) is 0 Å². The van der Waals surface area contributed by atoms with E-state index in [1.165, 1.54) is 5.57 Å². The molecule has 1 rings (SSSR count). The van der Waals surface area contributed by atoms with Crippen LogP contribution < -0.4 is 0 Å². The topological polar surface area (TPSA) is 46.5 Å². The third-order valence-electron chi connectivity index (χ3n) is 4.20. The summed E-state index contributed by atoms with van der Waals surface area (Å²) in [7, 11) is 1.69. The molecule has 3 nitrogen and oxygen atoms in total. The first-order valence-electron chi connectivity index (χ1n) is 7.23. The van der Waals surface area contributed by atoms with Crippen LogP contribution in [0, 0.1) is 11.3 Å². The van der Waals surface area contributed by atoms with E-state index in [2.05, 4.69) is 13.0 Å². The molecule has 0 aromatic heterocycles. The Hall–Kier alpha value is -1.09. The molecule has 1 aliphatic rings. The van der Waals surface area contributed by atoms with Crippen LogP contribution in [-0.4, -0.2) is 24.8 Å². The van der Waals surface area contributed by atoms with E-state index in [1.54, 1.807) is 7.11 Å². The van der Waals surface area contributed by atoms with Crippen molar-refractivity contribution in [3.63, 3.8) is 0 Å². The van der Waals surface area contributed by atoms with E-state index in [-0.39, 0.29) is 5.92 Å². The summed E-state index contributed by atoms with van der Waals surface area (Å²) < 4.78 is 5.15. The maximum atomic E-state index is 11.8. The third kappa shape index (κ3) is 3.47. The minimum Gasteiger partial charge on any atom is -0.481 e. The summed E-state index contributed by atoms with van der Waals surface area (Å²) >= 11 is 0. The van der Waals surface area contributed by atoms with Gasteiger partial charge in [-0.3, -0.25) is 4.79 Å². The minimum atomic E-state index is -0.729. The fourth-order valence-corrected chi connectivity index (χ4v) is 2.97. The van der Waals surface area contributed by atoms with Crippen molar-refractivity contribution in [2.75, 3.05) is 13.7 Å². The molecule has 1 aliphatic carbocycles. The van der Waals surface area contributed by atoms with Crippen LogP contribution in [0.2, 0.25) is 0 Å². The molecule has 0 aromatic carbocycles. The summed E-state index contributed by atoms with van der Waals surface area (Å²) in [5.41, 5.74) is 0.495. The highest BCUT2D eigenvalue weighted by molar-refractivity contribution is 5.78. The van der Waals surface area contributed by atoms with Gasteiger partial charge in [-0.25, -0.2) is 0 Å². The van der Waals surface area contributed by atoms with E-state index in [1.807, 2.05) is 19.1 Å². The number of carboxylic acids is 1. The predicted molar refractivity (Wildman–Crippen MR) is 77.1 cm³/mol. The molecule has 0 aliphatic heterocycles. The molecule has 1 N–H and O–H groups in total. The number of hydrogen-bond acceptors (Lipinski definition) is 2. The van der Waals surface area contributed by atoms with Gasteiger partial charge in [0.1, 0.15) is 0 Å². The van der Waals surface area contributed by atoms with Crippen LogP contribution in [0.4, 0.5) is 0 Å². The van der Waals surface area contributed by atoms with Crippen molar-refractivity contribution in [3.8, 4) is 0 Å². The lowest BCUT2D eigenvalue weighted by molar-refractivity contribution is -0.148. The van der Waals surface area contributed by atoms with Crippen LogP contribution in [0.3, 0.4) is 0 Å². The zero-order valence-corrected chi connectivity index (χ0v) is 12.3. The predicted octanol–water partition coefficient (Wildman–Crippen LogP) is 3.81. The van der Waals surface area contributed by atoms with Gasteiger partial charge in [-0.05, 0) is 25.2 Å². The van der Waals surface area contributed by atoms with Crippen LogP contribution in [0.15, 0.2) is 23.8 Å². The SMILES string of the molecule is CCCCC1C(CCOC)=CC=CC1(CC)C(=O)O. The van der Waals surface area contributed by atoms with Crippen molar-refractivity contribution in [1.29, 1.82) is 0 Å². The molecule has 0 fully saturated rings. The van der Waals surface area contributed by atoms with Gasteiger partial charge in [0, 0.05) is 13.7 Å². The van der Waals surface area contributed by atoms with E-state index in [0.717, 1.165) is 25.7 Å². The molecule has 0 heterocycles. The van der Waals surface area contributed by atoms with E-state index in [0.29, 0.717) is 13.0 Å².